The Kier molecular flexibility index (Phi) is 5.70. The topological polar surface area (TPSA) is 100 Å². The van der Waals surface area contributed by atoms with Crippen molar-refractivity contribution in [2.45, 2.75) is 19.5 Å². The van der Waals surface area contributed by atoms with Gasteiger partial charge in [-0.25, -0.2) is 9.37 Å². The van der Waals surface area contributed by atoms with Crippen molar-refractivity contribution in [1.82, 2.24) is 25.8 Å². The van der Waals surface area contributed by atoms with E-state index in [4.69, 9.17) is 9.15 Å². The van der Waals surface area contributed by atoms with Gasteiger partial charge in [-0.3, -0.25) is 10.1 Å². The first kappa shape index (κ1) is 18.4. The average molecular weight is 372 g/mol. The molecule has 0 spiro atoms. The van der Waals surface area contributed by atoms with Crippen LogP contribution in [0, 0.1) is 5.82 Å². The van der Waals surface area contributed by atoms with Crippen molar-refractivity contribution >= 4 is 5.96 Å². The van der Waals surface area contributed by atoms with Crippen molar-refractivity contribution in [2.75, 3.05) is 14.2 Å². The molecule has 1 unspecified atom stereocenters. The third-order valence-corrected chi connectivity index (χ3v) is 3.95. The fourth-order valence-corrected chi connectivity index (χ4v) is 2.49. The summed E-state index contributed by atoms with van der Waals surface area (Å²) in [6.07, 6.45) is 1.57. The van der Waals surface area contributed by atoms with Gasteiger partial charge < -0.3 is 19.8 Å². The van der Waals surface area contributed by atoms with Gasteiger partial charge in [-0.2, -0.15) is 0 Å². The average Bonchev–Trinajstić information content (AvgIpc) is 3.36. The van der Waals surface area contributed by atoms with Gasteiger partial charge in [0.25, 0.3) is 0 Å². The fraction of sp³-hybridized carbons (Fsp3) is 0.278. The van der Waals surface area contributed by atoms with Crippen LogP contribution in [-0.4, -0.2) is 35.3 Å². The number of aliphatic imine (C=N–C) groups is 1. The lowest BCUT2D eigenvalue weighted by molar-refractivity contribution is 0.386. The number of nitrogens with one attached hydrogen (secondary N) is 3. The van der Waals surface area contributed by atoms with Crippen LogP contribution in [0.2, 0.25) is 0 Å². The normalized spacial score (nSPS) is 12.7. The predicted octanol–water partition coefficient (Wildman–Crippen LogP) is 2.64. The Morgan fingerprint density at radius 1 is 1.41 bits per heavy atom. The Balaban J connectivity index is 1.58. The van der Waals surface area contributed by atoms with E-state index < -0.39 is 5.82 Å². The summed E-state index contributed by atoms with van der Waals surface area (Å²) in [6, 6.07) is 8.25. The molecule has 0 bridgehead atoms. The monoisotopic (exact) mass is 372 g/mol. The quantitative estimate of drug-likeness (QED) is 0.454. The summed E-state index contributed by atoms with van der Waals surface area (Å²) in [4.78, 5) is 8.53. The Morgan fingerprint density at radius 3 is 2.93 bits per heavy atom. The van der Waals surface area contributed by atoms with Crippen LogP contribution in [0.3, 0.4) is 0 Å². The van der Waals surface area contributed by atoms with E-state index in [0.29, 0.717) is 29.9 Å². The summed E-state index contributed by atoms with van der Waals surface area (Å²) in [5.74, 6) is 2.07. The molecule has 0 saturated carbocycles. The zero-order valence-electron chi connectivity index (χ0n) is 15.3. The van der Waals surface area contributed by atoms with Crippen LogP contribution < -0.4 is 15.4 Å². The number of H-pyrrole nitrogens is 1. The van der Waals surface area contributed by atoms with E-state index in [1.54, 1.807) is 37.6 Å². The standard InChI is InChI=1S/C18H21FN6O2/c1-11(12-6-7-14(26-3)13(19)9-12)22-18(20-2)21-10-16-23-17(25-24-16)15-5-4-8-27-15/h4-9,11H,10H2,1-3H3,(H2,20,21,22)(H,23,24,25). The minimum Gasteiger partial charge on any atom is -0.494 e. The van der Waals surface area contributed by atoms with Gasteiger partial charge in [-0.1, -0.05) is 6.07 Å². The van der Waals surface area contributed by atoms with Crippen molar-refractivity contribution < 1.29 is 13.5 Å². The zero-order valence-corrected chi connectivity index (χ0v) is 15.3. The zero-order chi connectivity index (χ0) is 19.2. The molecule has 0 fully saturated rings. The number of hydrogen-bond donors (Lipinski definition) is 3. The minimum absolute atomic E-state index is 0.162. The maximum absolute atomic E-state index is 13.9. The fourth-order valence-electron chi connectivity index (χ4n) is 2.49. The molecule has 0 radical (unpaired) electrons. The molecule has 3 aromatic rings. The molecule has 2 heterocycles. The maximum Gasteiger partial charge on any atom is 0.216 e. The lowest BCUT2D eigenvalue weighted by Gasteiger charge is -2.18. The van der Waals surface area contributed by atoms with Gasteiger partial charge >= 0.3 is 0 Å². The highest BCUT2D eigenvalue weighted by Gasteiger charge is 2.12. The van der Waals surface area contributed by atoms with Crippen molar-refractivity contribution in [3.8, 4) is 17.3 Å². The number of aromatic amines is 1. The van der Waals surface area contributed by atoms with Crippen molar-refractivity contribution in [3.05, 3.63) is 53.8 Å². The van der Waals surface area contributed by atoms with Gasteiger partial charge in [0, 0.05) is 7.05 Å². The summed E-state index contributed by atoms with van der Waals surface area (Å²) >= 11 is 0. The third-order valence-electron chi connectivity index (χ3n) is 3.95. The summed E-state index contributed by atoms with van der Waals surface area (Å²) in [5, 5.41) is 13.3. The smallest absolute Gasteiger partial charge is 0.216 e. The molecule has 2 aromatic heterocycles. The molecule has 3 N–H and O–H groups in total. The Bertz CT molecular complexity index is 906. The first-order valence-corrected chi connectivity index (χ1v) is 8.36. The van der Waals surface area contributed by atoms with Gasteiger partial charge in [-0.15, -0.1) is 5.10 Å². The molecule has 8 nitrogen and oxygen atoms in total. The molecule has 27 heavy (non-hydrogen) atoms. The molecule has 1 atom stereocenters. The molecular formula is C18H21FN6O2. The van der Waals surface area contributed by atoms with Gasteiger partial charge in [0.1, 0.15) is 5.82 Å². The van der Waals surface area contributed by atoms with Gasteiger partial charge in [0.05, 0.1) is 26.0 Å². The Hall–Kier alpha value is -3.36. The second-order valence-corrected chi connectivity index (χ2v) is 5.77. The van der Waals surface area contributed by atoms with Crippen molar-refractivity contribution in [3.63, 3.8) is 0 Å². The summed E-state index contributed by atoms with van der Waals surface area (Å²) < 4.78 is 24.1. The number of benzene rings is 1. The highest BCUT2D eigenvalue weighted by molar-refractivity contribution is 5.80. The number of halogens is 1. The van der Waals surface area contributed by atoms with Crippen molar-refractivity contribution in [2.24, 2.45) is 4.99 Å². The second kappa shape index (κ2) is 8.35. The number of rotatable bonds is 6. The Morgan fingerprint density at radius 2 is 2.26 bits per heavy atom. The van der Waals surface area contributed by atoms with Crippen molar-refractivity contribution in [1.29, 1.82) is 0 Å². The predicted molar refractivity (Wildman–Crippen MR) is 98.8 cm³/mol. The summed E-state index contributed by atoms with van der Waals surface area (Å²) in [6.45, 7) is 2.30. The van der Waals surface area contributed by atoms with Crippen LogP contribution in [0.15, 0.2) is 46.0 Å². The number of guanidine groups is 1. The van der Waals surface area contributed by atoms with Crippen LogP contribution in [0.4, 0.5) is 4.39 Å². The van der Waals surface area contributed by atoms with E-state index >= 15 is 0 Å². The molecule has 1 aromatic carbocycles. The maximum atomic E-state index is 13.9. The van der Waals surface area contributed by atoms with Crippen LogP contribution in [-0.2, 0) is 6.54 Å². The van der Waals surface area contributed by atoms with Crippen LogP contribution in [0.1, 0.15) is 24.4 Å². The number of nitrogens with zero attached hydrogens (tertiary/aromatic N) is 3. The molecule has 3 rings (SSSR count). The van der Waals surface area contributed by atoms with Gasteiger partial charge in [0.15, 0.2) is 23.3 Å². The molecule has 9 heteroatoms. The molecule has 0 amide bonds. The van der Waals surface area contributed by atoms with Gasteiger partial charge in [0.2, 0.25) is 5.82 Å². The largest absolute Gasteiger partial charge is 0.494 e. The highest BCUT2D eigenvalue weighted by Crippen LogP contribution is 2.21. The molecule has 142 valence electrons. The molecular weight excluding hydrogens is 351 g/mol. The molecule has 0 aliphatic heterocycles. The van der Waals surface area contributed by atoms with E-state index in [1.807, 2.05) is 6.92 Å². The first-order valence-electron chi connectivity index (χ1n) is 8.36. The van der Waals surface area contributed by atoms with Crippen LogP contribution in [0.25, 0.3) is 11.6 Å². The van der Waals surface area contributed by atoms with Crippen LogP contribution in [0.5, 0.6) is 5.75 Å². The van der Waals surface area contributed by atoms with E-state index in [-0.39, 0.29) is 11.8 Å². The number of methoxy groups -OCH3 is 1. The Labute approximate surface area is 155 Å². The van der Waals surface area contributed by atoms with Crippen LogP contribution >= 0.6 is 0 Å². The highest BCUT2D eigenvalue weighted by atomic mass is 19.1. The molecule has 0 saturated heterocycles. The second-order valence-electron chi connectivity index (χ2n) is 5.77. The minimum atomic E-state index is -0.404. The number of hydrogen-bond acceptors (Lipinski definition) is 5. The summed E-state index contributed by atoms with van der Waals surface area (Å²) in [5.41, 5.74) is 0.774. The lowest BCUT2D eigenvalue weighted by Crippen LogP contribution is -2.38. The SMILES string of the molecule is CN=C(NCc1nc(-c2ccco2)n[nH]1)NC(C)c1ccc(OC)c(F)c1. The first-order chi connectivity index (χ1) is 13.1. The van der Waals surface area contributed by atoms with Gasteiger partial charge in [-0.05, 0) is 36.8 Å². The molecule has 0 aliphatic rings. The third kappa shape index (κ3) is 4.43. The molecule has 0 aliphatic carbocycles. The number of ether oxygens (including phenoxy) is 1. The summed E-state index contributed by atoms with van der Waals surface area (Å²) in [7, 11) is 3.09. The number of aromatic nitrogens is 3. The lowest BCUT2D eigenvalue weighted by atomic mass is 10.1. The van der Waals surface area contributed by atoms with E-state index in [9.17, 15) is 4.39 Å². The van der Waals surface area contributed by atoms with E-state index in [2.05, 4.69) is 30.8 Å². The van der Waals surface area contributed by atoms with E-state index in [1.165, 1.54) is 13.2 Å². The van der Waals surface area contributed by atoms with E-state index in [0.717, 1.165) is 5.56 Å². The number of furan rings is 1.